The summed E-state index contributed by atoms with van der Waals surface area (Å²) >= 11 is 0. The zero-order valence-corrected chi connectivity index (χ0v) is 10.0. The van der Waals surface area contributed by atoms with E-state index in [-0.39, 0.29) is 12.8 Å². The van der Waals surface area contributed by atoms with Crippen LogP contribution in [-0.4, -0.2) is 35.4 Å². The van der Waals surface area contributed by atoms with Crippen molar-refractivity contribution >= 4 is 11.7 Å². The van der Waals surface area contributed by atoms with Crippen LogP contribution >= 0.6 is 0 Å². The molecule has 0 aliphatic heterocycles. The highest BCUT2D eigenvalue weighted by atomic mass is 19.4. The van der Waals surface area contributed by atoms with Crippen LogP contribution in [0.2, 0.25) is 0 Å². The molecule has 0 spiro atoms. The maximum Gasteiger partial charge on any atom is 0.433 e. The van der Waals surface area contributed by atoms with Gasteiger partial charge in [0.1, 0.15) is 12.3 Å². The largest absolute Gasteiger partial charge is 0.480 e. The summed E-state index contributed by atoms with van der Waals surface area (Å²) in [7, 11) is 0. The van der Waals surface area contributed by atoms with E-state index in [0.717, 1.165) is 0 Å². The molecule has 20 heavy (non-hydrogen) atoms. The molecule has 0 aromatic rings. The van der Waals surface area contributed by atoms with E-state index in [0.29, 0.717) is 0 Å². The first-order valence-corrected chi connectivity index (χ1v) is 5.81. The first-order valence-electron chi connectivity index (χ1n) is 5.81. The van der Waals surface area contributed by atoms with Crippen molar-refractivity contribution in [2.45, 2.75) is 24.9 Å². The van der Waals surface area contributed by atoms with Gasteiger partial charge in [0.25, 0.3) is 5.92 Å². The Labute approximate surface area is 110 Å². The summed E-state index contributed by atoms with van der Waals surface area (Å²) in [6, 6.07) is 0. The van der Waals surface area contributed by atoms with Crippen molar-refractivity contribution < 1.29 is 31.9 Å². The molecule has 0 aromatic carbocycles. The van der Waals surface area contributed by atoms with Gasteiger partial charge in [0.05, 0.1) is 5.70 Å². The van der Waals surface area contributed by atoms with Gasteiger partial charge in [0.15, 0.2) is 0 Å². The molecule has 0 bridgehead atoms. The van der Waals surface area contributed by atoms with Gasteiger partial charge in [-0.15, -0.1) is 0 Å². The summed E-state index contributed by atoms with van der Waals surface area (Å²) in [6.07, 6.45) is -4.83. The first-order chi connectivity index (χ1) is 9.06. The van der Waals surface area contributed by atoms with Crippen molar-refractivity contribution in [2.24, 2.45) is 11.8 Å². The van der Waals surface area contributed by atoms with Gasteiger partial charge in [0, 0.05) is 11.5 Å². The fourth-order valence-electron chi connectivity index (χ4n) is 2.67. The van der Waals surface area contributed by atoms with Gasteiger partial charge in [-0.25, -0.2) is 0 Å². The zero-order chi connectivity index (χ0) is 15.3. The van der Waals surface area contributed by atoms with Crippen LogP contribution in [0, 0.1) is 17.2 Å². The Bertz CT molecular complexity index is 498. The van der Waals surface area contributed by atoms with E-state index in [9.17, 15) is 26.7 Å². The van der Waals surface area contributed by atoms with Crippen molar-refractivity contribution in [2.75, 3.05) is 6.54 Å². The lowest BCUT2D eigenvalue weighted by Crippen LogP contribution is -2.39. The number of hydrogen-bond acceptors (Lipinski definition) is 3. The van der Waals surface area contributed by atoms with Crippen molar-refractivity contribution in [1.82, 2.24) is 5.32 Å². The molecule has 0 amide bonds. The molecule has 0 heterocycles. The Hall–Kier alpha value is -1.67. The van der Waals surface area contributed by atoms with Gasteiger partial charge in [-0.1, -0.05) is 0 Å². The maximum absolute atomic E-state index is 14.0. The van der Waals surface area contributed by atoms with Gasteiger partial charge in [0.2, 0.25) is 0 Å². The molecule has 2 aliphatic carbocycles. The highest BCUT2D eigenvalue weighted by Crippen LogP contribution is 2.58. The smallest absolute Gasteiger partial charge is 0.433 e. The topological polar surface area (TPSA) is 73.2 Å². The second-order valence-corrected chi connectivity index (χ2v) is 4.82. The zero-order valence-electron chi connectivity index (χ0n) is 10.0. The Morgan fingerprint density at radius 3 is 2.40 bits per heavy atom. The predicted molar refractivity (Wildman–Crippen MR) is 57.6 cm³/mol. The first kappa shape index (κ1) is 14.7. The highest BCUT2D eigenvalue weighted by Gasteiger charge is 2.62. The summed E-state index contributed by atoms with van der Waals surface area (Å²) < 4.78 is 65.8. The second kappa shape index (κ2) is 4.42. The number of carbonyl (C=O) groups is 1. The summed E-state index contributed by atoms with van der Waals surface area (Å²) in [6.45, 7) is -0.918. The molecule has 112 valence electrons. The SMILES string of the molecule is N=C(C1=C(NCC(=O)O)C(F)(F)[C@@H]2CC[C@H]12)C(F)(F)F. The molecule has 0 aromatic heterocycles. The van der Waals surface area contributed by atoms with Crippen LogP contribution < -0.4 is 5.32 Å². The van der Waals surface area contributed by atoms with Crippen LogP contribution in [0.1, 0.15) is 12.8 Å². The third-order valence-electron chi connectivity index (χ3n) is 3.68. The van der Waals surface area contributed by atoms with Crippen LogP contribution in [0.15, 0.2) is 11.3 Å². The summed E-state index contributed by atoms with van der Waals surface area (Å²) in [5, 5.41) is 17.4. The van der Waals surface area contributed by atoms with Crippen molar-refractivity contribution in [3.8, 4) is 0 Å². The molecular formula is C11H11F5N2O2. The molecule has 3 N–H and O–H groups in total. The average molecular weight is 298 g/mol. The van der Waals surface area contributed by atoms with Crippen LogP contribution in [0.25, 0.3) is 0 Å². The molecule has 1 fully saturated rings. The second-order valence-electron chi connectivity index (χ2n) is 4.82. The van der Waals surface area contributed by atoms with Gasteiger partial charge in [-0.05, 0) is 18.8 Å². The molecule has 2 aliphatic rings. The highest BCUT2D eigenvalue weighted by molar-refractivity contribution is 6.04. The molecule has 0 saturated heterocycles. The fraction of sp³-hybridized carbons (Fsp3) is 0.636. The van der Waals surface area contributed by atoms with Crippen molar-refractivity contribution in [1.29, 1.82) is 5.41 Å². The number of aliphatic carboxylic acids is 1. The lowest BCUT2D eigenvalue weighted by atomic mass is 9.71. The number of halogens is 5. The minimum absolute atomic E-state index is 0.0601. The number of fused-ring (bicyclic) bond motifs is 1. The number of alkyl halides is 5. The predicted octanol–water partition coefficient (Wildman–Crippen LogP) is 2.17. The minimum Gasteiger partial charge on any atom is -0.480 e. The van der Waals surface area contributed by atoms with E-state index < -0.39 is 53.4 Å². The van der Waals surface area contributed by atoms with Gasteiger partial charge >= 0.3 is 12.1 Å². The van der Waals surface area contributed by atoms with E-state index in [2.05, 4.69) is 0 Å². The number of carboxylic acids is 1. The number of rotatable bonds is 4. The number of carboxylic acid groups (broad SMARTS) is 1. The number of allylic oxidation sites excluding steroid dienone is 2. The summed E-state index contributed by atoms with van der Waals surface area (Å²) in [4.78, 5) is 10.4. The van der Waals surface area contributed by atoms with E-state index in [4.69, 9.17) is 10.5 Å². The van der Waals surface area contributed by atoms with E-state index in [1.807, 2.05) is 5.32 Å². The van der Waals surface area contributed by atoms with Gasteiger partial charge < -0.3 is 10.4 Å². The van der Waals surface area contributed by atoms with Crippen LogP contribution in [-0.2, 0) is 4.79 Å². The molecule has 0 unspecified atom stereocenters. The molecule has 0 radical (unpaired) electrons. The number of nitrogens with one attached hydrogen (secondary N) is 2. The number of hydrogen-bond donors (Lipinski definition) is 3. The quantitative estimate of drug-likeness (QED) is 0.550. The lowest BCUT2D eigenvalue weighted by molar-refractivity contribution is -0.136. The molecule has 9 heteroatoms. The van der Waals surface area contributed by atoms with Gasteiger partial charge in [-0.3, -0.25) is 10.2 Å². The molecule has 1 saturated carbocycles. The third-order valence-corrected chi connectivity index (χ3v) is 3.68. The van der Waals surface area contributed by atoms with Gasteiger partial charge in [-0.2, -0.15) is 22.0 Å². The van der Waals surface area contributed by atoms with Crippen LogP contribution in [0.3, 0.4) is 0 Å². The standard InChI is InChI=1S/C11H11F5N2O2/c12-10(13)5-2-1-4(5)7(8(17)11(14,15)16)9(10)18-3-6(19)20/h4-5,17-18H,1-3H2,(H,19,20)/t4-,5+/m0/s1. The Balaban J connectivity index is 2.41. The maximum atomic E-state index is 14.0. The molecule has 4 nitrogen and oxygen atoms in total. The van der Waals surface area contributed by atoms with Crippen LogP contribution in [0.4, 0.5) is 22.0 Å². The minimum atomic E-state index is -5.04. The molecular weight excluding hydrogens is 287 g/mol. The fourth-order valence-corrected chi connectivity index (χ4v) is 2.67. The van der Waals surface area contributed by atoms with Crippen molar-refractivity contribution in [3.63, 3.8) is 0 Å². The third kappa shape index (κ3) is 2.14. The van der Waals surface area contributed by atoms with E-state index in [1.54, 1.807) is 0 Å². The van der Waals surface area contributed by atoms with E-state index >= 15 is 0 Å². The molecule has 2 atom stereocenters. The summed E-state index contributed by atoms with van der Waals surface area (Å²) in [5.74, 6) is -7.33. The average Bonchev–Trinajstić information content (AvgIpc) is 2.35. The Morgan fingerprint density at radius 1 is 1.40 bits per heavy atom. The Kier molecular flexibility index (Phi) is 3.26. The van der Waals surface area contributed by atoms with Crippen LogP contribution in [0.5, 0.6) is 0 Å². The molecule has 2 rings (SSSR count). The van der Waals surface area contributed by atoms with Crippen molar-refractivity contribution in [3.05, 3.63) is 11.3 Å². The monoisotopic (exact) mass is 298 g/mol. The normalized spacial score (nSPS) is 27.9. The Morgan fingerprint density at radius 2 is 2.00 bits per heavy atom. The summed E-state index contributed by atoms with van der Waals surface area (Å²) in [5.41, 5.74) is -3.67. The lowest BCUT2D eigenvalue weighted by Gasteiger charge is -2.35. The van der Waals surface area contributed by atoms with E-state index in [1.165, 1.54) is 0 Å².